The summed E-state index contributed by atoms with van der Waals surface area (Å²) in [5, 5.41) is 3.57. The van der Waals surface area contributed by atoms with Crippen molar-refractivity contribution in [3.8, 4) is 11.5 Å². The van der Waals surface area contributed by atoms with E-state index in [4.69, 9.17) is 26.1 Å². The van der Waals surface area contributed by atoms with Crippen LogP contribution in [0.5, 0.6) is 11.5 Å². The van der Waals surface area contributed by atoms with Gasteiger partial charge < -0.3 is 19.4 Å². The average Bonchev–Trinajstić information content (AvgIpc) is 3.27. The van der Waals surface area contributed by atoms with Gasteiger partial charge in [-0.25, -0.2) is 4.98 Å². The Balaban J connectivity index is 1.17. The van der Waals surface area contributed by atoms with E-state index in [1.807, 2.05) is 6.07 Å². The summed E-state index contributed by atoms with van der Waals surface area (Å²) < 4.78 is 13.9. The van der Waals surface area contributed by atoms with Crippen LogP contribution in [-0.2, 0) is 17.8 Å². The number of rotatable bonds is 15. The number of carbonyl (C=O) groups is 1. The molecule has 0 atom stereocenters. The molecule has 3 aromatic carbocycles. The Kier molecular flexibility index (Phi) is 10.7. The standard InChI is InChI=1S/C32H38ClN3O3/c1-24-20-25(2)22-28(21-24)38-19-9-8-18-36-30-11-6-5-10-29(30)35-31(36)12-4-3-7-17-34-32(37)23-39-27-15-13-26(33)14-16-27/h5-6,10-11,13-16,20-22H,3-4,7-9,12,17-19,23H2,1-2H3,(H,34,37). The number of nitrogens with zero attached hydrogens (tertiary/aromatic N) is 2. The highest BCUT2D eigenvalue weighted by atomic mass is 35.5. The lowest BCUT2D eigenvalue weighted by molar-refractivity contribution is -0.123. The molecule has 1 aromatic heterocycles. The highest BCUT2D eigenvalue weighted by Crippen LogP contribution is 2.20. The maximum Gasteiger partial charge on any atom is 0.257 e. The van der Waals surface area contributed by atoms with Crippen molar-refractivity contribution in [1.29, 1.82) is 0 Å². The van der Waals surface area contributed by atoms with E-state index in [1.54, 1.807) is 24.3 Å². The first-order chi connectivity index (χ1) is 19.0. The number of para-hydroxylation sites is 2. The fraction of sp³-hybridized carbons (Fsp3) is 0.375. The summed E-state index contributed by atoms with van der Waals surface area (Å²) in [6, 6.07) is 21.7. The molecule has 4 aromatic rings. The molecular weight excluding hydrogens is 510 g/mol. The summed E-state index contributed by atoms with van der Waals surface area (Å²) in [5.41, 5.74) is 4.69. The number of nitrogens with one attached hydrogen (secondary N) is 1. The van der Waals surface area contributed by atoms with Crippen molar-refractivity contribution in [2.75, 3.05) is 19.8 Å². The van der Waals surface area contributed by atoms with E-state index in [0.29, 0.717) is 23.9 Å². The second kappa shape index (κ2) is 14.6. The zero-order valence-electron chi connectivity index (χ0n) is 22.9. The number of fused-ring (bicyclic) bond motifs is 1. The number of amides is 1. The van der Waals surface area contributed by atoms with E-state index in [2.05, 4.69) is 60.1 Å². The maximum atomic E-state index is 12.1. The predicted molar refractivity (Wildman–Crippen MR) is 158 cm³/mol. The number of aryl methyl sites for hydroxylation is 4. The van der Waals surface area contributed by atoms with Gasteiger partial charge in [0.15, 0.2) is 6.61 Å². The zero-order valence-corrected chi connectivity index (χ0v) is 23.7. The van der Waals surface area contributed by atoms with Gasteiger partial charge in [0.05, 0.1) is 17.6 Å². The molecule has 0 aliphatic rings. The summed E-state index contributed by atoms with van der Waals surface area (Å²) in [4.78, 5) is 17.0. The van der Waals surface area contributed by atoms with Crippen molar-refractivity contribution in [1.82, 2.24) is 14.9 Å². The van der Waals surface area contributed by atoms with Crippen LogP contribution in [0.3, 0.4) is 0 Å². The predicted octanol–water partition coefficient (Wildman–Crippen LogP) is 7.07. The van der Waals surface area contributed by atoms with Gasteiger partial charge in [0.1, 0.15) is 17.3 Å². The van der Waals surface area contributed by atoms with Crippen LogP contribution in [0.25, 0.3) is 11.0 Å². The number of benzene rings is 3. The molecule has 0 fully saturated rings. The Morgan fingerprint density at radius 2 is 1.64 bits per heavy atom. The van der Waals surface area contributed by atoms with Crippen LogP contribution in [0, 0.1) is 13.8 Å². The van der Waals surface area contributed by atoms with Crippen molar-refractivity contribution in [2.45, 2.75) is 58.9 Å². The first-order valence-corrected chi connectivity index (χ1v) is 14.2. The van der Waals surface area contributed by atoms with Gasteiger partial charge in [-0.1, -0.05) is 36.2 Å². The highest BCUT2D eigenvalue weighted by Gasteiger charge is 2.10. The second-order valence-corrected chi connectivity index (χ2v) is 10.4. The van der Waals surface area contributed by atoms with Gasteiger partial charge in [-0.05, 0) is 99.2 Å². The quantitative estimate of drug-likeness (QED) is 0.162. The molecule has 1 amide bonds. The third-order valence-corrected chi connectivity index (χ3v) is 6.81. The summed E-state index contributed by atoms with van der Waals surface area (Å²) >= 11 is 5.87. The number of hydrogen-bond acceptors (Lipinski definition) is 4. The molecule has 0 radical (unpaired) electrons. The smallest absolute Gasteiger partial charge is 0.257 e. The van der Waals surface area contributed by atoms with Gasteiger partial charge in [0.2, 0.25) is 0 Å². The summed E-state index contributed by atoms with van der Waals surface area (Å²) in [6.07, 6.45) is 5.90. The van der Waals surface area contributed by atoms with Crippen LogP contribution in [0.4, 0.5) is 0 Å². The third-order valence-electron chi connectivity index (χ3n) is 6.56. The number of halogens is 1. The number of ether oxygens (including phenoxy) is 2. The number of imidazole rings is 1. The molecule has 0 aliphatic heterocycles. The third kappa shape index (κ3) is 9.03. The minimum absolute atomic E-state index is 0.00132. The van der Waals surface area contributed by atoms with Gasteiger partial charge in [-0.2, -0.15) is 0 Å². The normalized spacial score (nSPS) is 11.1. The van der Waals surface area contributed by atoms with E-state index in [1.165, 1.54) is 16.6 Å². The van der Waals surface area contributed by atoms with Crippen LogP contribution in [0.1, 0.15) is 49.1 Å². The van der Waals surface area contributed by atoms with Crippen LogP contribution < -0.4 is 14.8 Å². The molecule has 206 valence electrons. The van der Waals surface area contributed by atoms with E-state index < -0.39 is 0 Å². The molecule has 1 N–H and O–H groups in total. The highest BCUT2D eigenvalue weighted by molar-refractivity contribution is 6.30. The molecule has 39 heavy (non-hydrogen) atoms. The van der Waals surface area contributed by atoms with Gasteiger partial charge in [-0.15, -0.1) is 0 Å². The SMILES string of the molecule is Cc1cc(C)cc(OCCCCn2c(CCCCCNC(=O)COc3ccc(Cl)cc3)nc3ccccc32)c1. The van der Waals surface area contributed by atoms with Gasteiger partial charge >= 0.3 is 0 Å². The first kappa shape index (κ1) is 28.5. The molecule has 6 nitrogen and oxygen atoms in total. The van der Waals surface area contributed by atoms with Gasteiger partial charge in [0, 0.05) is 24.5 Å². The molecule has 0 unspecified atom stereocenters. The lowest BCUT2D eigenvalue weighted by atomic mass is 10.1. The van der Waals surface area contributed by atoms with E-state index in [-0.39, 0.29) is 12.5 Å². The molecule has 0 saturated carbocycles. The number of carbonyl (C=O) groups excluding carboxylic acids is 1. The van der Waals surface area contributed by atoms with Gasteiger partial charge in [0.25, 0.3) is 5.91 Å². The average molecular weight is 548 g/mol. The second-order valence-electron chi connectivity index (χ2n) is 9.95. The largest absolute Gasteiger partial charge is 0.494 e. The van der Waals surface area contributed by atoms with Crippen LogP contribution in [0.15, 0.2) is 66.7 Å². The Morgan fingerprint density at radius 3 is 2.44 bits per heavy atom. The molecule has 4 rings (SSSR count). The number of aromatic nitrogens is 2. The Bertz CT molecular complexity index is 1330. The maximum absolute atomic E-state index is 12.1. The fourth-order valence-electron chi connectivity index (χ4n) is 4.69. The molecule has 0 aliphatic carbocycles. The Morgan fingerprint density at radius 1 is 0.872 bits per heavy atom. The number of unbranched alkanes of at least 4 members (excludes halogenated alkanes) is 3. The van der Waals surface area contributed by atoms with Crippen molar-refractivity contribution >= 4 is 28.5 Å². The molecule has 0 bridgehead atoms. The van der Waals surface area contributed by atoms with Crippen LogP contribution >= 0.6 is 11.6 Å². The van der Waals surface area contributed by atoms with E-state index in [0.717, 1.165) is 62.2 Å². The number of hydrogen-bond donors (Lipinski definition) is 1. The summed E-state index contributed by atoms with van der Waals surface area (Å²) in [5.74, 6) is 2.60. The monoisotopic (exact) mass is 547 g/mol. The lowest BCUT2D eigenvalue weighted by Gasteiger charge is -2.11. The Hall–Kier alpha value is -3.51. The van der Waals surface area contributed by atoms with Crippen LogP contribution in [0.2, 0.25) is 5.02 Å². The van der Waals surface area contributed by atoms with Crippen molar-refractivity contribution in [2.24, 2.45) is 0 Å². The minimum Gasteiger partial charge on any atom is -0.494 e. The Labute approximate surface area is 236 Å². The molecular formula is C32H38ClN3O3. The van der Waals surface area contributed by atoms with E-state index in [9.17, 15) is 4.79 Å². The summed E-state index contributed by atoms with van der Waals surface area (Å²) in [6.45, 7) is 6.47. The van der Waals surface area contributed by atoms with Crippen molar-refractivity contribution in [3.63, 3.8) is 0 Å². The first-order valence-electron chi connectivity index (χ1n) is 13.8. The topological polar surface area (TPSA) is 65.4 Å². The fourth-order valence-corrected chi connectivity index (χ4v) is 4.81. The van der Waals surface area contributed by atoms with Crippen molar-refractivity contribution in [3.05, 3.63) is 88.7 Å². The van der Waals surface area contributed by atoms with E-state index >= 15 is 0 Å². The minimum atomic E-state index is -0.117. The zero-order chi connectivity index (χ0) is 27.5. The lowest BCUT2D eigenvalue weighted by Crippen LogP contribution is -2.29. The van der Waals surface area contributed by atoms with Crippen LogP contribution in [-0.4, -0.2) is 35.2 Å². The summed E-state index contributed by atoms with van der Waals surface area (Å²) in [7, 11) is 0. The molecule has 0 saturated heterocycles. The van der Waals surface area contributed by atoms with Gasteiger partial charge in [-0.3, -0.25) is 4.79 Å². The molecule has 7 heteroatoms. The molecule has 0 spiro atoms. The molecule has 1 heterocycles. The van der Waals surface area contributed by atoms with Crippen molar-refractivity contribution < 1.29 is 14.3 Å².